The van der Waals surface area contributed by atoms with Gasteiger partial charge in [0.1, 0.15) is 12.6 Å². The van der Waals surface area contributed by atoms with E-state index in [9.17, 15) is 0 Å². The second-order valence-electron chi connectivity index (χ2n) is 4.54. The van der Waals surface area contributed by atoms with Crippen molar-refractivity contribution in [2.75, 3.05) is 12.8 Å². The highest BCUT2D eigenvalue weighted by Gasteiger charge is 2.19. The SMILES string of the molecule is COC(c1ccccc1)c1noc(Cn2cc(N)cn2)n1. The van der Waals surface area contributed by atoms with Crippen molar-refractivity contribution in [3.63, 3.8) is 0 Å². The number of benzene rings is 1. The summed E-state index contributed by atoms with van der Waals surface area (Å²) in [4.78, 5) is 4.36. The number of nitrogen functional groups attached to an aromatic ring is 1. The zero-order chi connectivity index (χ0) is 14.7. The summed E-state index contributed by atoms with van der Waals surface area (Å²) in [7, 11) is 1.61. The van der Waals surface area contributed by atoms with Crippen molar-refractivity contribution in [3.05, 3.63) is 60.0 Å². The molecule has 1 aromatic carbocycles. The van der Waals surface area contributed by atoms with Gasteiger partial charge < -0.3 is 15.0 Å². The van der Waals surface area contributed by atoms with Gasteiger partial charge in [0, 0.05) is 13.3 Å². The van der Waals surface area contributed by atoms with Crippen molar-refractivity contribution in [2.45, 2.75) is 12.6 Å². The first kappa shape index (κ1) is 13.3. The summed E-state index contributed by atoms with van der Waals surface area (Å²) in [5, 5.41) is 8.06. The molecule has 0 aliphatic rings. The van der Waals surface area contributed by atoms with Gasteiger partial charge in [0.25, 0.3) is 0 Å². The van der Waals surface area contributed by atoms with Crippen LogP contribution in [0.5, 0.6) is 0 Å². The molecule has 2 heterocycles. The first-order chi connectivity index (χ1) is 10.3. The zero-order valence-corrected chi connectivity index (χ0v) is 11.5. The van der Waals surface area contributed by atoms with E-state index in [1.54, 1.807) is 24.2 Å². The second-order valence-corrected chi connectivity index (χ2v) is 4.54. The number of anilines is 1. The van der Waals surface area contributed by atoms with Gasteiger partial charge in [0.15, 0.2) is 0 Å². The van der Waals surface area contributed by atoms with Gasteiger partial charge in [0.05, 0.1) is 11.9 Å². The van der Waals surface area contributed by atoms with Crippen LogP contribution in [0, 0.1) is 0 Å². The Kier molecular flexibility index (Phi) is 3.65. The predicted octanol–water partition coefficient (Wildman–Crippen LogP) is 1.63. The molecule has 7 heteroatoms. The molecule has 3 aromatic rings. The Labute approximate surface area is 121 Å². The van der Waals surface area contributed by atoms with Crippen LogP contribution in [0.15, 0.2) is 47.2 Å². The monoisotopic (exact) mass is 285 g/mol. The van der Waals surface area contributed by atoms with E-state index in [-0.39, 0.29) is 6.10 Å². The number of rotatable bonds is 5. The van der Waals surface area contributed by atoms with Crippen LogP contribution in [0.2, 0.25) is 0 Å². The summed E-state index contributed by atoms with van der Waals surface area (Å²) in [6, 6.07) is 9.74. The zero-order valence-electron chi connectivity index (χ0n) is 11.5. The fourth-order valence-electron chi connectivity index (χ4n) is 2.06. The molecule has 108 valence electrons. The highest BCUT2D eigenvalue weighted by atomic mass is 16.5. The summed E-state index contributed by atoms with van der Waals surface area (Å²) >= 11 is 0. The lowest BCUT2D eigenvalue weighted by Gasteiger charge is -2.10. The van der Waals surface area contributed by atoms with Crippen molar-refractivity contribution in [1.82, 2.24) is 19.9 Å². The van der Waals surface area contributed by atoms with Crippen LogP contribution in [0.4, 0.5) is 5.69 Å². The Hall–Kier alpha value is -2.67. The Bertz CT molecular complexity index is 707. The largest absolute Gasteiger partial charge is 0.396 e. The van der Waals surface area contributed by atoms with Crippen LogP contribution in [-0.4, -0.2) is 27.0 Å². The average Bonchev–Trinajstić information content (AvgIpc) is 3.11. The Morgan fingerprint density at radius 3 is 2.81 bits per heavy atom. The highest BCUT2D eigenvalue weighted by Crippen LogP contribution is 2.22. The molecule has 1 unspecified atom stereocenters. The number of aromatic nitrogens is 4. The molecule has 0 aliphatic carbocycles. The third-order valence-electron chi connectivity index (χ3n) is 3.01. The van der Waals surface area contributed by atoms with Gasteiger partial charge >= 0.3 is 0 Å². The number of hydrogen-bond donors (Lipinski definition) is 1. The second kappa shape index (κ2) is 5.76. The van der Waals surface area contributed by atoms with Gasteiger partial charge in [-0.15, -0.1) is 0 Å². The summed E-state index contributed by atoms with van der Waals surface area (Å²) in [6.07, 6.45) is 2.92. The third-order valence-corrected chi connectivity index (χ3v) is 3.01. The Morgan fingerprint density at radius 1 is 1.33 bits per heavy atom. The van der Waals surface area contributed by atoms with Gasteiger partial charge in [0.2, 0.25) is 11.7 Å². The lowest BCUT2D eigenvalue weighted by Crippen LogP contribution is -2.06. The third kappa shape index (κ3) is 2.92. The van der Waals surface area contributed by atoms with Gasteiger partial charge in [-0.25, -0.2) is 0 Å². The predicted molar refractivity (Wildman–Crippen MR) is 75.3 cm³/mol. The molecule has 0 spiro atoms. The van der Waals surface area contributed by atoms with Gasteiger partial charge in [-0.2, -0.15) is 10.1 Å². The van der Waals surface area contributed by atoms with Crippen LogP contribution in [0.1, 0.15) is 23.4 Å². The maximum Gasteiger partial charge on any atom is 0.248 e. The van der Waals surface area contributed by atoms with Crippen molar-refractivity contribution in [1.29, 1.82) is 0 Å². The topological polar surface area (TPSA) is 92.0 Å². The molecule has 0 radical (unpaired) electrons. The standard InChI is InChI=1S/C14H15N5O2/c1-20-13(10-5-3-2-4-6-10)14-17-12(21-18-14)9-19-8-11(15)7-16-19/h2-8,13H,9,15H2,1H3. The minimum Gasteiger partial charge on any atom is -0.396 e. The van der Waals surface area contributed by atoms with E-state index in [4.69, 9.17) is 15.0 Å². The molecule has 2 N–H and O–H groups in total. The molecule has 21 heavy (non-hydrogen) atoms. The molecular weight excluding hydrogens is 270 g/mol. The minimum absolute atomic E-state index is 0.355. The molecule has 3 rings (SSSR count). The molecule has 1 atom stereocenters. The first-order valence-corrected chi connectivity index (χ1v) is 6.44. The highest BCUT2D eigenvalue weighted by molar-refractivity contribution is 5.30. The van der Waals surface area contributed by atoms with E-state index >= 15 is 0 Å². The van der Waals surface area contributed by atoms with E-state index < -0.39 is 0 Å². The maximum atomic E-state index is 5.61. The number of methoxy groups -OCH3 is 1. The van der Waals surface area contributed by atoms with Crippen LogP contribution in [-0.2, 0) is 11.3 Å². The van der Waals surface area contributed by atoms with E-state index in [0.29, 0.717) is 23.9 Å². The fourth-order valence-corrected chi connectivity index (χ4v) is 2.06. The van der Waals surface area contributed by atoms with Gasteiger partial charge in [-0.3, -0.25) is 4.68 Å². The number of ether oxygens (including phenoxy) is 1. The van der Waals surface area contributed by atoms with E-state index in [2.05, 4.69) is 15.2 Å². The molecule has 7 nitrogen and oxygen atoms in total. The lowest BCUT2D eigenvalue weighted by atomic mass is 10.1. The first-order valence-electron chi connectivity index (χ1n) is 6.44. The molecule has 0 fully saturated rings. The number of nitrogens with two attached hydrogens (primary N) is 1. The number of nitrogens with zero attached hydrogens (tertiary/aromatic N) is 4. The van der Waals surface area contributed by atoms with Crippen molar-refractivity contribution in [2.24, 2.45) is 0 Å². The number of hydrogen-bond acceptors (Lipinski definition) is 6. The summed E-state index contributed by atoms with van der Waals surface area (Å²) < 4.78 is 12.3. The summed E-state index contributed by atoms with van der Waals surface area (Å²) in [5.41, 5.74) is 7.17. The molecular formula is C14H15N5O2. The lowest BCUT2D eigenvalue weighted by molar-refractivity contribution is 0.126. The fraction of sp³-hybridized carbons (Fsp3) is 0.214. The van der Waals surface area contributed by atoms with E-state index in [1.165, 1.54) is 0 Å². The van der Waals surface area contributed by atoms with Crippen LogP contribution in [0.3, 0.4) is 0 Å². The van der Waals surface area contributed by atoms with Crippen molar-refractivity contribution < 1.29 is 9.26 Å². The van der Waals surface area contributed by atoms with Crippen molar-refractivity contribution in [3.8, 4) is 0 Å². The molecule has 0 bridgehead atoms. The normalized spacial score (nSPS) is 12.4. The molecule has 0 saturated carbocycles. The van der Waals surface area contributed by atoms with Crippen LogP contribution >= 0.6 is 0 Å². The Morgan fingerprint density at radius 2 is 2.14 bits per heavy atom. The summed E-state index contributed by atoms with van der Waals surface area (Å²) in [6.45, 7) is 0.370. The smallest absolute Gasteiger partial charge is 0.248 e. The average molecular weight is 285 g/mol. The van der Waals surface area contributed by atoms with Gasteiger partial charge in [-0.1, -0.05) is 35.5 Å². The quantitative estimate of drug-likeness (QED) is 0.766. The van der Waals surface area contributed by atoms with Gasteiger partial charge in [-0.05, 0) is 5.56 Å². The Balaban J connectivity index is 1.80. The minimum atomic E-state index is -0.355. The molecule has 0 saturated heterocycles. The maximum absolute atomic E-state index is 5.61. The van der Waals surface area contributed by atoms with Crippen LogP contribution in [0.25, 0.3) is 0 Å². The van der Waals surface area contributed by atoms with E-state index in [1.807, 2.05) is 30.3 Å². The molecule has 0 aliphatic heterocycles. The van der Waals surface area contributed by atoms with E-state index in [0.717, 1.165) is 5.56 Å². The molecule has 2 aromatic heterocycles. The van der Waals surface area contributed by atoms with Crippen LogP contribution < -0.4 is 5.73 Å². The summed E-state index contributed by atoms with van der Waals surface area (Å²) in [5.74, 6) is 0.935. The molecule has 0 amide bonds. The van der Waals surface area contributed by atoms with Crippen molar-refractivity contribution >= 4 is 5.69 Å².